The maximum absolute atomic E-state index is 6.05. The van der Waals surface area contributed by atoms with Gasteiger partial charge in [0.1, 0.15) is 0 Å². The van der Waals surface area contributed by atoms with Crippen LogP contribution in [-0.2, 0) is 0 Å². The Morgan fingerprint density at radius 3 is 2.57 bits per heavy atom. The molecule has 1 aliphatic carbocycles. The van der Waals surface area contributed by atoms with Crippen LogP contribution in [0.25, 0.3) is 0 Å². The molecule has 1 heterocycles. The molecule has 2 aliphatic rings. The van der Waals surface area contributed by atoms with Gasteiger partial charge in [0.05, 0.1) is 11.9 Å². The molecule has 3 heteroatoms. The predicted molar refractivity (Wildman–Crippen MR) is 63.9 cm³/mol. The van der Waals surface area contributed by atoms with Crippen molar-refractivity contribution in [3.05, 3.63) is 0 Å². The summed E-state index contributed by atoms with van der Waals surface area (Å²) in [6, 6.07) is 0.523. The maximum Gasteiger partial charge on any atom is 0.0972 e. The molecule has 2 fully saturated rings. The highest BCUT2D eigenvalue weighted by Gasteiger charge is 2.20. The highest BCUT2D eigenvalue weighted by molar-refractivity contribution is 7.99. The summed E-state index contributed by atoms with van der Waals surface area (Å²) in [5.41, 5.74) is 6.05. The lowest BCUT2D eigenvalue weighted by molar-refractivity contribution is 0.632. The van der Waals surface area contributed by atoms with Crippen molar-refractivity contribution in [1.29, 1.82) is 0 Å². The van der Waals surface area contributed by atoms with E-state index in [0.29, 0.717) is 12.0 Å². The van der Waals surface area contributed by atoms with Crippen molar-refractivity contribution in [3.8, 4) is 0 Å². The Hall–Kier alpha value is -0.180. The van der Waals surface area contributed by atoms with Gasteiger partial charge in [-0.1, -0.05) is 12.8 Å². The Labute approximate surface area is 90.7 Å². The van der Waals surface area contributed by atoms with Crippen LogP contribution in [0.15, 0.2) is 4.99 Å². The summed E-state index contributed by atoms with van der Waals surface area (Å²) < 4.78 is 0. The third-order valence-electron chi connectivity index (χ3n) is 3.24. The van der Waals surface area contributed by atoms with Gasteiger partial charge < -0.3 is 5.73 Å². The molecule has 1 aliphatic heterocycles. The van der Waals surface area contributed by atoms with Crippen LogP contribution >= 0.6 is 11.8 Å². The Morgan fingerprint density at radius 1 is 1.14 bits per heavy atom. The molecule has 2 nitrogen and oxygen atoms in total. The van der Waals surface area contributed by atoms with Crippen molar-refractivity contribution in [1.82, 2.24) is 0 Å². The molecule has 0 aromatic rings. The second-order valence-electron chi connectivity index (χ2n) is 4.41. The first-order valence-electron chi connectivity index (χ1n) is 5.77. The summed E-state index contributed by atoms with van der Waals surface area (Å²) in [7, 11) is 0. The summed E-state index contributed by atoms with van der Waals surface area (Å²) in [4.78, 5) is 4.69. The van der Waals surface area contributed by atoms with E-state index in [1.54, 1.807) is 0 Å². The molecular weight excluding hydrogens is 192 g/mol. The maximum atomic E-state index is 6.05. The molecule has 0 spiro atoms. The van der Waals surface area contributed by atoms with E-state index < -0.39 is 0 Å². The lowest BCUT2D eigenvalue weighted by atomic mass is 10.1. The number of rotatable bonds is 2. The van der Waals surface area contributed by atoms with Gasteiger partial charge in [0.15, 0.2) is 0 Å². The minimum atomic E-state index is 0.523. The number of hydrogen-bond donors (Lipinski definition) is 1. The summed E-state index contributed by atoms with van der Waals surface area (Å²) in [6.07, 6.45) is 7.81. The van der Waals surface area contributed by atoms with Crippen LogP contribution in [-0.4, -0.2) is 23.4 Å². The van der Waals surface area contributed by atoms with Crippen molar-refractivity contribution >= 4 is 17.6 Å². The molecule has 2 rings (SSSR count). The highest BCUT2D eigenvalue weighted by atomic mass is 32.2. The number of nitrogens with zero attached hydrogens (tertiary/aromatic N) is 1. The average Bonchev–Trinajstić information content (AvgIpc) is 2.72. The first-order valence-corrected chi connectivity index (χ1v) is 6.92. The van der Waals surface area contributed by atoms with E-state index in [4.69, 9.17) is 10.7 Å². The molecule has 2 N–H and O–H groups in total. The van der Waals surface area contributed by atoms with Gasteiger partial charge in [0, 0.05) is 11.7 Å². The van der Waals surface area contributed by atoms with E-state index in [9.17, 15) is 0 Å². The predicted octanol–water partition coefficient (Wildman–Crippen LogP) is 2.43. The van der Waals surface area contributed by atoms with Crippen LogP contribution in [0.1, 0.15) is 38.5 Å². The largest absolute Gasteiger partial charge is 0.387 e. The van der Waals surface area contributed by atoms with Crippen LogP contribution in [0.4, 0.5) is 0 Å². The Kier molecular flexibility index (Phi) is 3.74. The van der Waals surface area contributed by atoms with Gasteiger partial charge in [-0.25, -0.2) is 0 Å². The number of nitrogens with two attached hydrogens (primary N) is 1. The SMILES string of the molecule is NC(=NC1CCCSC1)C1CCCC1. The molecule has 0 aromatic carbocycles. The normalized spacial score (nSPS) is 30.9. The first-order chi connectivity index (χ1) is 6.86. The van der Waals surface area contributed by atoms with E-state index in [0.717, 1.165) is 5.84 Å². The van der Waals surface area contributed by atoms with Gasteiger partial charge in [-0.2, -0.15) is 11.8 Å². The quantitative estimate of drug-likeness (QED) is 0.564. The van der Waals surface area contributed by atoms with Gasteiger partial charge in [-0.05, 0) is 31.4 Å². The molecular formula is C11H20N2S. The van der Waals surface area contributed by atoms with Crippen LogP contribution in [0, 0.1) is 5.92 Å². The van der Waals surface area contributed by atoms with E-state index in [1.807, 2.05) is 11.8 Å². The zero-order chi connectivity index (χ0) is 9.80. The van der Waals surface area contributed by atoms with E-state index in [-0.39, 0.29) is 0 Å². The number of hydrogen-bond acceptors (Lipinski definition) is 2. The molecule has 14 heavy (non-hydrogen) atoms. The van der Waals surface area contributed by atoms with Crippen molar-refractivity contribution in [2.45, 2.75) is 44.6 Å². The van der Waals surface area contributed by atoms with Crippen molar-refractivity contribution in [2.24, 2.45) is 16.6 Å². The highest BCUT2D eigenvalue weighted by Crippen LogP contribution is 2.26. The van der Waals surface area contributed by atoms with Crippen molar-refractivity contribution in [2.75, 3.05) is 11.5 Å². The Morgan fingerprint density at radius 2 is 1.93 bits per heavy atom. The summed E-state index contributed by atoms with van der Waals surface area (Å²) in [6.45, 7) is 0. The zero-order valence-electron chi connectivity index (χ0n) is 8.74. The van der Waals surface area contributed by atoms with Gasteiger partial charge in [-0.15, -0.1) is 0 Å². The van der Waals surface area contributed by atoms with Crippen molar-refractivity contribution < 1.29 is 0 Å². The van der Waals surface area contributed by atoms with Gasteiger partial charge in [0.25, 0.3) is 0 Å². The summed E-state index contributed by atoms with van der Waals surface area (Å²) in [5.74, 6) is 4.07. The molecule has 1 atom stereocenters. The lowest BCUT2D eigenvalue weighted by Crippen LogP contribution is -2.26. The number of amidine groups is 1. The fraction of sp³-hybridized carbons (Fsp3) is 0.909. The minimum Gasteiger partial charge on any atom is -0.387 e. The standard InChI is InChI=1S/C11H20N2S/c12-11(9-4-1-2-5-9)13-10-6-3-7-14-8-10/h9-10H,1-8H2,(H2,12,13). The van der Waals surface area contributed by atoms with E-state index in [2.05, 4.69) is 0 Å². The summed E-state index contributed by atoms with van der Waals surface area (Å²) in [5, 5.41) is 0. The van der Waals surface area contributed by atoms with Crippen LogP contribution in [0.2, 0.25) is 0 Å². The fourth-order valence-electron chi connectivity index (χ4n) is 2.36. The van der Waals surface area contributed by atoms with E-state index in [1.165, 1.54) is 50.0 Å². The minimum absolute atomic E-state index is 0.523. The monoisotopic (exact) mass is 212 g/mol. The van der Waals surface area contributed by atoms with Crippen LogP contribution < -0.4 is 5.73 Å². The third-order valence-corrected chi connectivity index (χ3v) is 4.44. The van der Waals surface area contributed by atoms with Gasteiger partial charge in [0.2, 0.25) is 0 Å². The first kappa shape index (κ1) is 10.3. The van der Waals surface area contributed by atoms with Gasteiger partial charge >= 0.3 is 0 Å². The Balaban J connectivity index is 1.87. The fourth-order valence-corrected chi connectivity index (χ4v) is 3.41. The van der Waals surface area contributed by atoms with Crippen LogP contribution in [0.5, 0.6) is 0 Å². The van der Waals surface area contributed by atoms with Gasteiger partial charge in [-0.3, -0.25) is 4.99 Å². The molecule has 1 saturated carbocycles. The van der Waals surface area contributed by atoms with Crippen LogP contribution in [0.3, 0.4) is 0 Å². The molecule has 80 valence electrons. The lowest BCUT2D eigenvalue weighted by Gasteiger charge is -2.19. The molecule has 1 saturated heterocycles. The second kappa shape index (κ2) is 5.06. The second-order valence-corrected chi connectivity index (χ2v) is 5.56. The topological polar surface area (TPSA) is 38.4 Å². The van der Waals surface area contributed by atoms with E-state index >= 15 is 0 Å². The molecule has 1 unspecified atom stereocenters. The molecule has 0 amide bonds. The smallest absolute Gasteiger partial charge is 0.0972 e. The molecule has 0 bridgehead atoms. The third kappa shape index (κ3) is 2.66. The average molecular weight is 212 g/mol. The number of aliphatic imine (C=N–C) groups is 1. The number of thioether (sulfide) groups is 1. The van der Waals surface area contributed by atoms with Crippen molar-refractivity contribution in [3.63, 3.8) is 0 Å². The summed E-state index contributed by atoms with van der Waals surface area (Å²) >= 11 is 2.02. The zero-order valence-corrected chi connectivity index (χ0v) is 9.56. The Bertz CT molecular complexity index is 203. The molecule has 0 radical (unpaired) electrons. The molecule has 0 aromatic heterocycles.